The van der Waals surface area contributed by atoms with E-state index in [-0.39, 0.29) is 0 Å². The fraction of sp³-hybridized carbons (Fsp3) is 0.235. The number of hydrogen-bond acceptors (Lipinski definition) is 2. The Labute approximate surface area is 119 Å². The third-order valence-corrected chi connectivity index (χ3v) is 3.00. The first-order valence-corrected chi connectivity index (χ1v) is 6.87. The van der Waals surface area contributed by atoms with E-state index in [0.29, 0.717) is 0 Å². The van der Waals surface area contributed by atoms with E-state index in [9.17, 15) is 0 Å². The maximum absolute atomic E-state index is 5.15. The lowest BCUT2D eigenvalue weighted by molar-refractivity contribution is 0.415. The molecule has 0 unspecified atom stereocenters. The Balaban J connectivity index is 0.000000704. The molecule has 0 saturated heterocycles. The Bertz CT molecular complexity index is 684. The van der Waals surface area contributed by atoms with Crippen LogP contribution in [-0.2, 0) is 0 Å². The van der Waals surface area contributed by atoms with Crippen LogP contribution in [0.5, 0.6) is 5.75 Å². The van der Waals surface area contributed by atoms with Gasteiger partial charge in [-0.05, 0) is 48.9 Å². The van der Waals surface area contributed by atoms with Gasteiger partial charge in [-0.15, -0.1) is 0 Å². The molecule has 3 rings (SSSR count). The van der Waals surface area contributed by atoms with E-state index in [1.165, 1.54) is 5.56 Å². The standard InChI is InChI=1S/C15H14N2O.C2H6/c1-10-3-8-13-14(9-10)17-15(16-13)11-4-6-12(18-2)7-5-11;1-2/h3-9H,1-2H3,(H,16,17);1-2H3. The minimum absolute atomic E-state index is 0.853. The van der Waals surface area contributed by atoms with Crippen LogP contribution >= 0.6 is 0 Å². The van der Waals surface area contributed by atoms with Crippen LogP contribution in [0.1, 0.15) is 19.4 Å². The van der Waals surface area contributed by atoms with Gasteiger partial charge in [-0.1, -0.05) is 19.9 Å². The van der Waals surface area contributed by atoms with Crippen LogP contribution in [0, 0.1) is 6.92 Å². The summed E-state index contributed by atoms with van der Waals surface area (Å²) in [5.41, 5.74) is 4.35. The normalized spacial score (nSPS) is 10.0. The summed E-state index contributed by atoms with van der Waals surface area (Å²) in [6.07, 6.45) is 0. The molecule has 20 heavy (non-hydrogen) atoms. The molecule has 104 valence electrons. The summed E-state index contributed by atoms with van der Waals surface area (Å²) >= 11 is 0. The molecule has 2 aromatic carbocycles. The number of methoxy groups -OCH3 is 1. The Morgan fingerprint density at radius 3 is 2.35 bits per heavy atom. The first-order valence-electron chi connectivity index (χ1n) is 6.87. The summed E-state index contributed by atoms with van der Waals surface area (Å²) in [4.78, 5) is 7.92. The van der Waals surface area contributed by atoms with E-state index in [4.69, 9.17) is 4.74 Å². The van der Waals surface area contributed by atoms with Crippen LogP contribution in [0.15, 0.2) is 42.5 Å². The summed E-state index contributed by atoms with van der Waals surface area (Å²) in [6, 6.07) is 14.1. The molecule has 1 N–H and O–H groups in total. The van der Waals surface area contributed by atoms with Crippen molar-refractivity contribution in [1.29, 1.82) is 0 Å². The number of benzene rings is 2. The molecule has 3 nitrogen and oxygen atoms in total. The Hall–Kier alpha value is -2.29. The summed E-state index contributed by atoms with van der Waals surface area (Å²) in [5, 5.41) is 0. The largest absolute Gasteiger partial charge is 0.497 e. The lowest BCUT2D eigenvalue weighted by Crippen LogP contribution is -1.83. The van der Waals surface area contributed by atoms with E-state index in [2.05, 4.69) is 29.0 Å². The van der Waals surface area contributed by atoms with Crippen LogP contribution in [0.4, 0.5) is 0 Å². The molecule has 0 aliphatic carbocycles. The van der Waals surface area contributed by atoms with E-state index in [1.807, 2.05) is 44.2 Å². The molecular weight excluding hydrogens is 248 g/mol. The third kappa shape index (κ3) is 2.82. The molecule has 1 aromatic heterocycles. The van der Waals surface area contributed by atoms with Gasteiger partial charge in [0.25, 0.3) is 0 Å². The summed E-state index contributed by atoms with van der Waals surface area (Å²) < 4.78 is 5.15. The number of aromatic nitrogens is 2. The van der Waals surface area contributed by atoms with E-state index in [1.54, 1.807) is 7.11 Å². The van der Waals surface area contributed by atoms with Crippen LogP contribution in [0.2, 0.25) is 0 Å². The molecule has 0 aliphatic heterocycles. The van der Waals surface area contributed by atoms with E-state index in [0.717, 1.165) is 28.2 Å². The number of aromatic amines is 1. The van der Waals surface area contributed by atoms with Gasteiger partial charge < -0.3 is 9.72 Å². The lowest BCUT2D eigenvalue weighted by Gasteiger charge is -2.00. The molecule has 0 amide bonds. The second-order valence-corrected chi connectivity index (χ2v) is 4.33. The number of aryl methyl sites for hydroxylation is 1. The molecule has 0 radical (unpaired) electrons. The number of fused-ring (bicyclic) bond motifs is 1. The zero-order valence-electron chi connectivity index (χ0n) is 12.4. The van der Waals surface area contributed by atoms with Crippen molar-refractivity contribution in [3.8, 4) is 17.1 Å². The van der Waals surface area contributed by atoms with Crippen molar-refractivity contribution in [1.82, 2.24) is 9.97 Å². The Morgan fingerprint density at radius 2 is 1.70 bits per heavy atom. The highest BCUT2D eigenvalue weighted by atomic mass is 16.5. The predicted molar refractivity (Wildman–Crippen MR) is 84.2 cm³/mol. The van der Waals surface area contributed by atoms with Crippen molar-refractivity contribution < 1.29 is 4.74 Å². The lowest BCUT2D eigenvalue weighted by atomic mass is 10.2. The first-order chi connectivity index (χ1) is 9.76. The fourth-order valence-corrected chi connectivity index (χ4v) is 2.01. The maximum atomic E-state index is 5.15. The SMILES string of the molecule is CC.COc1ccc(-c2nc3ccc(C)cc3[nH]2)cc1. The monoisotopic (exact) mass is 268 g/mol. The van der Waals surface area contributed by atoms with Crippen LogP contribution in [0.3, 0.4) is 0 Å². The quantitative estimate of drug-likeness (QED) is 0.739. The van der Waals surface area contributed by atoms with Gasteiger partial charge in [-0.25, -0.2) is 4.98 Å². The van der Waals surface area contributed by atoms with Crippen molar-refractivity contribution in [3.05, 3.63) is 48.0 Å². The van der Waals surface area contributed by atoms with Crippen molar-refractivity contribution in [2.45, 2.75) is 20.8 Å². The van der Waals surface area contributed by atoms with E-state index < -0.39 is 0 Å². The van der Waals surface area contributed by atoms with Crippen molar-refractivity contribution >= 4 is 11.0 Å². The maximum Gasteiger partial charge on any atom is 0.138 e. The molecule has 0 fully saturated rings. The molecule has 0 spiro atoms. The number of H-pyrrole nitrogens is 1. The molecule has 0 saturated carbocycles. The van der Waals surface area contributed by atoms with Crippen molar-refractivity contribution in [2.75, 3.05) is 7.11 Å². The zero-order chi connectivity index (χ0) is 14.5. The number of imidazole rings is 1. The average molecular weight is 268 g/mol. The van der Waals surface area contributed by atoms with Gasteiger partial charge in [0.1, 0.15) is 11.6 Å². The second kappa shape index (κ2) is 6.24. The molecule has 0 bridgehead atoms. The Kier molecular flexibility index (Phi) is 4.41. The number of hydrogen-bond donors (Lipinski definition) is 1. The Morgan fingerprint density at radius 1 is 1.00 bits per heavy atom. The molecular formula is C17H20N2O. The number of ether oxygens (including phenoxy) is 1. The summed E-state index contributed by atoms with van der Waals surface area (Å²) in [5.74, 6) is 1.74. The van der Waals surface area contributed by atoms with Crippen LogP contribution < -0.4 is 4.74 Å². The van der Waals surface area contributed by atoms with Gasteiger partial charge in [0.15, 0.2) is 0 Å². The second-order valence-electron chi connectivity index (χ2n) is 4.33. The van der Waals surface area contributed by atoms with Gasteiger partial charge in [0, 0.05) is 5.56 Å². The molecule has 0 atom stereocenters. The van der Waals surface area contributed by atoms with Gasteiger partial charge in [0.2, 0.25) is 0 Å². The first kappa shape index (κ1) is 14.1. The minimum atomic E-state index is 0.853. The summed E-state index contributed by atoms with van der Waals surface area (Å²) in [6.45, 7) is 6.08. The van der Waals surface area contributed by atoms with Crippen molar-refractivity contribution in [2.24, 2.45) is 0 Å². The molecule has 3 aromatic rings. The summed E-state index contributed by atoms with van der Waals surface area (Å²) in [7, 11) is 1.67. The molecule has 0 aliphatic rings. The average Bonchev–Trinajstić information content (AvgIpc) is 2.92. The van der Waals surface area contributed by atoms with Gasteiger partial charge in [-0.3, -0.25) is 0 Å². The molecule has 3 heteroatoms. The smallest absolute Gasteiger partial charge is 0.138 e. The van der Waals surface area contributed by atoms with Crippen LogP contribution in [0.25, 0.3) is 22.4 Å². The number of rotatable bonds is 2. The van der Waals surface area contributed by atoms with E-state index >= 15 is 0 Å². The topological polar surface area (TPSA) is 37.9 Å². The molecule has 1 heterocycles. The van der Waals surface area contributed by atoms with Crippen LogP contribution in [-0.4, -0.2) is 17.1 Å². The fourth-order valence-electron chi connectivity index (χ4n) is 2.01. The highest BCUT2D eigenvalue weighted by Crippen LogP contribution is 2.23. The van der Waals surface area contributed by atoms with Gasteiger partial charge >= 0.3 is 0 Å². The van der Waals surface area contributed by atoms with Gasteiger partial charge in [0.05, 0.1) is 18.1 Å². The predicted octanol–water partition coefficient (Wildman–Crippen LogP) is 4.57. The zero-order valence-corrected chi connectivity index (χ0v) is 12.4. The minimum Gasteiger partial charge on any atom is -0.497 e. The number of nitrogens with one attached hydrogen (secondary N) is 1. The number of nitrogens with zero attached hydrogens (tertiary/aromatic N) is 1. The highest BCUT2D eigenvalue weighted by Gasteiger charge is 2.05. The highest BCUT2D eigenvalue weighted by molar-refractivity contribution is 5.80. The third-order valence-electron chi connectivity index (χ3n) is 3.00. The van der Waals surface area contributed by atoms with Gasteiger partial charge in [-0.2, -0.15) is 0 Å². The van der Waals surface area contributed by atoms with Crippen molar-refractivity contribution in [3.63, 3.8) is 0 Å².